The third-order valence-electron chi connectivity index (χ3n) is 7.12. The summed E-state index contributed by atoms with van der Waals surface area (Å²) >= 11 is 6.09. The molecule has 3 amide bonds. The molecule has 1 atom stereocenters. The van der Waals surface area contributed by atoms with E-state index in [0.717, 1.165) is 19.4 Å². The van der Waals surface area contributed by atoms with Crippen LogP contribution in [0.2, 0.25) is 5.02 Å². The molecule has 2 aromatic carbocycles. The molecule has 1 saturated carbocycles. The molecule has 1 heterocycles. The zero-order valence-corrected chi connectivity index (χ0v) is 23.1. The van der Waals surface area contributed by atoms with Crippen LogP contribution in [0.4, 0.5) is 18.9 Å². The molecular formula is C29H33ClF3N3O5. The lowest BCUT2D eigenvalue weighted by molar-refractivity contribution is -0.192. The lowest BCUT2D eigenvalue weighted by Gasteiger charge is -2.32. The zero-order chi connectivity index (χ0) is 30.0. The Kier molecular flexibility index (Phi) is 11.6. The molecule has 2 aromatic rings. The van der Waals surface area contributed by atoms with Crippen LogP contribution in [0.5, 0.6) is 0 Å². The van der Waals surface area contributed by atoms with Crippen LogP contribution in [0.3, 0.4) is 0 Å². The van der Waals surface area contributed by atoms with Crippen molar-refractivity contribution in [2.24, 2.45) is 11.8 Å². The number of rotatable bonds is 6. The molecule has 12 heteroatoms. The molecule has 222 valence electrons. The fraction of sp³-hybridized carbons (Fsp3) is 0.448. The number of alkyl halides is 3. The van der Waals surface area contributed by atoms with E-state index in [9.17, 15) is 27.6 Å². The van der Waals surface area contributed by atoms with Gasteiger partial charge in [0.1, 0.15) is 0 Å². The smallest absolute Gasteiger partial charge is 0.475 e. The number of piperidine rings is 1. The summed E-state index contributed by atoms with van der Waals surface area (Å²) in [7, 11) is 0. The highest BCUT2D eigenvalue weighted by Gasteiger charge is 2.38. The van der Waals surface area contributed by atoms with E-state index in [1.807, 2.05) is 0 Å². The third kappa shape index (κ3) is 9.77. The highest BCUT2D eigenvalue weighted by atomic mass is 35.5. The molecule has 2 fully saturated rings. The molecule has 8 nitrogen and oxygen atoms in total. The molecule has 41 heavy (non-hydrogen) atoms. The fourth-order valence-corrected chi connectivity index (χ4v) is 5.10. The van der Waals surface area contributed by atoms with Crippen LogP contribution in [0.1, 0.15) is 65.7 Å². The largest absolute Gasteiger partial charge is 0.490 e. The molecular weight excluding hydrogens is 563 g/mol. The Bertz CT molecular complexity index is 1220. The van der Waals surface area contributed by atoms with Gasteiger partial charge in [0.15, 0.2) is 0 Å². The van der Waals surface area contributed by atoms with E-state index in [1.54, 1.807) is 53.4 Å². The van der Waals surface area contributed by atoms with Crippen molar-refractivity contribution in [1.29, 1.82) is 0 Å². The highest BCUT2D eigenvalue weighted by Crippen LogP contribution is 2.24. The molecule has 0 spiro atoms. The van der Waals surface area contributed by atoms with Crippen LogP contribution in [0.15, 0.2) is 48.5 Å². The van der Waals surface area contributed by atoms with Gasteiger partial charge in [-0.25, -0.2) is 4.79 Å². The topological polar surface area (TPSA) is 116 Å². The number of carbonyl (C=O) groups is 4. The van der Waals surface area contributed by atoms with Gasteiger partial charge in [-0.05, 0) is 68.0 Å². The Morgan fingerprint density at radius 3 is 2.17 bits per heavy atom. The number of likely N-dealkylation sites (tertiary alicyclic amines) is 1. The number of nitrogens with one attached hydrogen (secondary N) is 2. The minimum atomic E-state index is -5.08. The van der Waals surface area contributed by atoms with Crippen molar-refractivity contribution in [2.75, 3.05) is 25.0 Å². The van der Waals surface area contributed by atoms with E-state index >= 15 is 0 Å². The summed E-state index contributed by atoms with van der Waals surface area (Å²) in [6, 6.07) is 13.7. The van der Waals surface area contributed by atoms with Crippen molar-refractivity contribution in [1.82, 2.24) is 10.2 Å². The normalized spacial score (nSPS) is 17.6. The summed E-state index contributed by atoms with van der Waals surface area (Å²) < 4.78 is 31.7. The Morgan fingerprint density at radius 2 is 1.56 bits per heavy atom. The van der Waals surface area contributed by atoms with Crippen LogP contribution >= 0.6 is 11.6 Å². The Hall–Kier alpha value is -3.60. The number of benzene rings is 2. The average molecular weight is 596 g/mol. The summed E-state index contributed by atoms with van der Waals surface area (Å²) in [6.45, 7) is 1.85. The second kappa shape index (κ2) is 14.9. The van der Waals surface area contributed by atoms with Crippen molar-refractivity contribution >= 4 is 41.0 Å². The molecule has 0 bridgehead atoms. The Morgan fingerprint density at radius 1 is 0.927 bits per heavy atom. The second-order valence-electron chi connectivity index (χ2n) is 10.2. The minimum Gasteiger partial charge on any atom is -0.475 e. The van der Waals surface area contributed by atoms with Crippen LogP contribution < -0.4 is 10.6 Å². The zero-order valence-electron chi connectivity index (χ0n) is 22.4. The molecule has 0 radical (unpaired) electrons. The lowest BCUT2D eigenvalue weighted by Crippen LogP contribution is -2.46. The summed E-state index contributed by atoms with van der Waals surface area (Å²) in [5, 5.41) is 13.5. The van der Waals surface area contributed by atoms with Crippen molar-refractivity contribution < 1.29 is 37.5 Å². The first-order chi connectivity index (χ1) is 19.5. The molecule has 1 aliphatic heterocycles. The van der Waals surface area contributed by atoms with Crippen LogP contribution in [0.25, 0.3) is 0 Å². The summed E-state index contributed by atoms with van der Waals surface area (Å²) in [4.78, 5) is 48.9. The van der Waals surface area contributed by atoms with E-state index in [4.69, 9.17) is 21.5 Å². The Labute approximate surface area is 241 Å². The number of amides is 3. The van der Waals surface area contributed by atoms with Crippen molar-refractivity contribution in [3.8, 4) is 0 Å². The molecule has 0 aromatic heterocycles. The number of hydrogen-bond acceptors (Lipinski definition) is 4. The molecule has 1 aliphatic carbocycles. The number of carbonyl (C=O) groups excluding carboxylic acids is 3. The number of hydrogen-bond donors (Lipinski definition) is 3. The number of anilines is 1. The quantitative estimate of drug-likeness (QED) is 0.392. The maximum atomic E-state index is 13.1. The van der Waals surface area contributed by atoms with E-state index < -0.39 is 12.1 Å². The first-order valence-corrected chi connectivity index (χ1v) is 13.9. The van der Waals surface area contributed by atoms with Gasteiger partial charge in [-0.2, -0.15) is 13.2 Å². The highest BCUT2D eigenvalue weighted by molar-refractivity contribution is 6.34. The maximum Gasteiger partial charge on any atom is 0.490 e. The van der Waals surface area contributed by atoms with Gasteiger partial charge in [0.05, 0.1) is 16.5 Å². The van der Waals surface area contributed by atoms with E-state index in [2.05, 4.69) is 10.6 Å². The van der Waals surface area contributed by atoms with Gasteiger partial charge in [0, 0.05) is 30.9 Å². The number of carboxylic acid groups (broad SMARTS) is 1. The average Bonchev–Trinajstić information content (AvgIpc) is 2.96. The van der Waals surface area contributed by atoms with Crippen LogP contribution in [-0.4, -0.2) is 59.5 Å². The first kappa shape index (κ1) is 31.9. The summed E-state index contributed by atoms with van der Waals surface area (Å²) in [5.74, 6) is -2.64. The summed E-state index contributed by atoms with van der Waals surface area (Å²) in [6.07, 6.45) is 2.77. The molecule has 4 rings (SSSR count). The number of halogens is 4. The van der Waals surface area contributed by atoms with Gasteiger partial charge >= 0.3 is 12.1 Å². The number of carboxylic acids is 1. The van der Waals surface area contributed by atoms with E-state index in [1.165, 1.54) is 32.1 Å². The standard InChI is InChI=1S/C27H32ClN3O3.C2HF3O2/c28-24-11-5-4-10-23(24)26(33)30-22-14-12-20(13-15-22)27(34)31-16-6-9-21(18-31)25(32)29-17-19-7-2-1-3-8-19;3-2(4,5)1(6)7/h4-5,10-15,19,21H,1-3,6-9,16-18H2,(H,29,32)(H,30,33);(H,6,7). The monoisotopic (exact) mass is 595 g/mol. The van der Waals surface area contributed by atoms with E-state index in [-0.39, 0.29) is 23.6 Å². The van der Waals surface area contributed by atoms with Crippen molar-refractivity contribution in [3.63, 3.8) is 0 Å². The van der Waals surface area contributed by atoms with Crippen molar-refractivity contribution in [2.45, 2.75) is 51.1 Å². The van der Waals surface area contributed by atoms with Crippen molar-refractivity contribution in [3.05, 3.63) is 64.7 Å². The molecule has 1 saturated heterocycles. The van der Waals surface area contributed by atoms with Gasteiger partial charge in [0.2, 0.25) is 5.91 Å². The molecule has 3 N–H and O–H groups in total. The molecule has 1 unspecified atom stereocenters. The van der Waals surface area contributed by atoms with Gasteiger partial charge in [0.25, 0.3) is 11.8 Å². The Balaban J connectivity index is 0.000000587. The number of aliphatic carboxylic acids is 1. The van der Waals surface area contributed by atoms with Crippen LogP contribution in [-0.2, 0) is 9.59 Å². The number of nitrogens with zero attached hydrogens (tertiary/aromatic N) is 1. The predicted octanol–water partition coefficient (Wildman–Crippen LogP) is 5.77. The third-order valence-corrected chi connectivity index (χ3v) is 7.45. The molecule has 2 aliphatic rings. The lowest BCUT2D eigenvalue weighted by atomic mass is 9.89. The predicted molar refractivity (Wildman–Crippen MR) is 148 cm³/mol. The second-order valence-corrected chi connectivity index (χ2v) is 10.6. The first-order valence-electron chi connectivity index (χ1n) is 13.5. The summed E-state index contributed by atoms with van der Waals surface area (Å²) in [5.41, 5.74) is 1.52. The fourth-order valence-electron chi connectivity index (χ4n) is 4.88. The SMILES string of the molecule is O=C(Nc1ccc(C(=O)N2CCCC(C(=O)NCC3CCCCC3)C2)cc1)c1ccccc1Cl.O=C(O)C(F)(F)F. The minimum absolute atomic E-state index is 0.0701. The van der Waals surface area contributed by atoms with Gasteiger partial charge in [-0.3, -0.25) is 14.4 Å². The van der Waals surface area contributed by atoms with Gasteiger partial charge < -0.3 is 20.6 Å². The van der Waals surface area contributed by atoms with Gasteiger partial charge in [-0.15, -0.1) is 0 Å². The van der Waals surface area contributed by atoms with Gasteiger partial charge in [-0.1, -0.05) is 43.0 Å². The maximum absolute atomic E-state index is 13.1. The van der Waals surface area contributed by atoms with E-state index in [0.29, 0.717) is 40.8 Å². The van der Waals surface area contributed by atoms with Crippen LogP contribution in [0, 0.1) is 11.8 Å².